The predicted molar refractivity (Wildman–Crippen MR) is 145 cm³/mol. The maximum atomic E-state index is 12.1. The highest BCUT2D eigenvalue weighted by atomic mass is 16.1. The Hall–Kier alpha value is -4.31. The van der Waals surface area contributed by atoms with Crippen molar-refractivity contribution in [2.24, 2.45) is 5.92 Å². The number of H-pyrrole nitrogens is 2. The van der Waals surface area contributed by atoms with Crippen LogP contribution in [0.4, 0.5) is 11.4 Å². The first-order valence-electron chi connectivity index (χ1n) is 12.5. The van der Waals surface area contributed by atoms with Gasteiger partial charge in [0.1, 0.15) is 11.0 Å². The van der Waals surface area contributed by atoms with Crippen molar-refractivity contribution in [1.82, 2.24) is 35.0 Å². The SMILES string of the molecule is CC(C)C(=O)Nc1cncc(-c2ccc3[nH]nc(-c4nc5c(N6CCN(C)CC6)cccc5[nH]4)c3n2)c1. The summed E-state index contributed by atoms with van der Waals surface area (Å²) in [7, 11) is 2.16. The molecule has 1 aliphatic heterocycles. The first-order valence-corrected chi connectivity index (χ1v) is 12.5. The molecule has 4 aromatic heterocycles. The normalized spacial score (nSPS) is 14.6. The van der Waals surface area contributed by atoms with Crippen molar-refractivity contribution in [1.29, 1.82) is 0 Å². The molecular weight excluding hydrogens is 466 g/mol. The highest BCUT2D eigenvalue weighted by Gasteiger charge is 2.20. The fourth-order valence-electron chi connectivity index (χ4n) is 4.59. The van der Waals surface area contributed by atoms with Crippen LogP contribution < -0.4 is 10.2 Å². The van der Waals surface area contributed by atoms with Gasteiger partial charge >= 0.3 is 0 Å². The van der Waals surface area contributed by atoms with Crippen LogP contribution in [0.2, 0.25) is 0 Å². The summed E-state index contributed by atoms with van der Waals surface area (Å²) < 4.78 is 0. The quantitative estimate of drug-likeness (QED) is 0.338. The third-order valence-electron chi connectivity index (χ3n) is 6.79. The zero-order chi connectivity index (χ0) is 25.5. The van der Waals surface area contributed by atoms with Crippen molar-refractivity contribution in [2.75, 3.05) is 43.4 Å². The Morgan fingerprint density at radius 2 is 1.84 bits per heavy atom. The number of carbonyl (C=O) groups excluding carboxylic acids is 1. The number of anilines is 2. The molecular formula is C27H29N9O. The van der Waals surface area contributed by atoms with Gasteiger partial charge in [0, 0.05) is 43.9 Å². The number of nitrogens with one attached hydrogen (secondary N) is 3. The third kappa shape index (κ3) is 4.40. The number of nitrogens with zero attached hydrogens (tertiary/aromatic N) is 6. The molecule has 0 unspecified atom stereocenters. The van der Waals surface area contributed by atoms with Gasteiger partial charge in [-0.15, -0.1) is 0 Å². The molecule has 1 saturated heterocycles. The van der Waals surface area contributed by atoms with E-state index in [-0.39, 0.29) is 11.8 Å². The smallest absolute Gasteiger partial charge is 0.226 e. The van der Waals surface area contributed by atoms with E-state index in [1.807, 2.05) is 38.1 Å². The van der Waals surface area contributed by atoms with Crippen molar-refractivity contribution in [3.63, 3.8) is 0 Å². The standard InChI is InChI=1S/C27H29N9O/c1-16(2)27(37)29-18-13-17(14-28-15-18)19-7-8-21-24(30-19)25(34-33-21)26-31-20-5-4-6-22(23(20)32-26)36-11-9-35(3)10-12-36/h4-8,13-16H,9-12H2,1-3H3,(H,29,37)(H,31,32)(H,33,34). The van der Waals surface area contributed by atoms with Crippen LogP contribution in [-0.2, 0) is 4.79 Å². The number of pyridine rings is 2. The first-order chi connectivity index (χ1) is 18.0. The highest BCUT2D eigenvalue weighted by molar-refractivity contribution is 5.95. The Balaban J connectivity index is 1.36. The number of piperazine rings is 1. The number of rotatable bonds is 5. The fourth-order valence-corrected chi connectivity index (χ4v) is 4.59. The van der Waals surface area contributed by atoms with Crippen LogP contribution >= 0.6 is 0 Å². The number of aromatic amines is 2. The minimum atomic E-state index is -0.118. The van der Waals surface area contributed by atoms with Crippen molar-refractivity contribution in [3.05, 3.63) is 48.8 Å². The van der Waals surface area contributed by atoms with Crippen LogP contribution in [0, 0.1) is 5.92 Å². The molecule has 5 heterocycles. The van der Waals surface area contributed by atoms with E-state index in [0.717, 1.165) is 59.7 Å². The molecule has 3 N–H and O–H groups in total. The van der Waals surface area contributed by atoms with Crippen LogP contribution in [0.5, 0.6) is 0 Å². The van der Waals surface area contributed by atoms with Gasteiger partial charge in [-0.05, 0) is 37.4 Å². The molecule has 1 fully saturated rings. The molecule has 1 aliphatic rings. The predicted octanol–water partition coefficient (Wildman–Crippen LogP) is 3.91. The lowest BCUT2D eigenvalue weighted by atomic mass is 10.1. The Kier molecular flexibility index (Phi) is 5.80. The van der Waals surface area contributed by atoms with Crippen molar-refractivity contribution in [2.45, 2.75) is 13.8 Å². The monoisotopic (exact) mass is 495 g/mol. The Morgan fingerprint density at radius 1 is 1.00 bits per heavy atom. The average Bonchev–Trinajstić information content (AvgIpc) is 3.53. The molecule has 0 aliphatic carbocycles. The summed E-state index contributed by atoms with van der Waals surface area (Å²) in [6, 6.07) is 12.0. The molecule has 1 amide bonds. The van der Waals surface area contributed by atoms with Crippen LogP contribution in [-0.4, -0.2) is 74.2 Å². The Morgan fingerprint density at radius 3 is 2.65 bits per heavy atom. The molecule has 188 valence electrons. The summed E-state index contributed by atoms with van der Waals surface area (Å²) in [5.74, 6) is 0.496. The van der Waals surface area contributed by atoms with E-state index in [9.17, 15) is 4.79 Å². The molecule has 37 heavy (non-hydrogen) atoms. The minimum absolute atomic E-state index is 0.0553. The van der Waals surface area contributed by atoms with Gasteiger partial charge in [-0.3, -0.25) is 14.9 Å². The lowest BCUT2D eigenvalue weighted by molar-refractivity contribution is -0.118. The number of imidazole rings is 1. The van der Waals surface area contributed by atoms with E-state index >= 15 is 0 Å². The maximum absolute atomic E-state index is 12.1. The van der Waals surface area contributed by atoms with E-state index in [4.69, 9.17) is 9.97 Å². The Bertz CT molecular complexity index is 1590. The largest absolute Gasteiger partial charge is 0.367 e. The molecule has 6 rings (SSSR count). The number of aromatic nitrogens is 6. The van der Waals surface area contributed by atoms with Crippen LogP contribution in [0.15, 0.2) is 48.8 Å². The molecule has 0 radical (unpaired) electrons. The summed E-state index contributed by atoms with van der Waals surface area (Å²) in [4.78, 5) is 34.5. The summed E-state index contributed by atoms with van der Waals surface area (Å²) in [5.41, 5.74) is 7.41. The van der Waals surface area contributed by atoms with Crippen LogP contribution in [0.3, 0.4) is 0 Å². The van der Waals surface area contributed by atoms with Crippen molar-refractivity contribution < 1.29 is 4.79 Å². The van der Waals surface area contributed by atoms with Gasteiger partial charge < -0.3 is 20.1 Å². The van der Waals surface area contributed by atoms with Gasteiger partial charge in [0.2, 0.25) is 5.91 Å². The van der Waals surface area contributed by atoms with Crippen LogP contribution in [0.1, 0.15) is 13.8 Å². The number of amides is 1. The summed E-state index contributed by atoms with van der Waals surface area (Å²) in [5, 5.41) is 10.5. The molecule has 1 aromatic carbocycles. The number of carbonyl (C=O) groups is 1. The number of para-hydroxylation sites is 1. The average molecular weight is 496 g/mol. The molecule has 5 aromatic rings. The topological polar surface area (TPSA) is 119 Å². The summed E-state index contributed by atoms with van der Waals surface area (Å²) in [6.45, 7) is 7.71. The van der Waals surface area contributed by atoms with Gasteiger partial charge in [-0.25, -0.2) is 9.97 Å². The number of fused-ring (bicyclic) bond motifs is 2. The number of likely N-dealkylation sites (N-methyl/N-ethyl adjacent to an activating group) is 1. The second kappa shape index (κ2) is 9.29. The maximum Gasteiger partial charge on any atom is 0.226 e. The molecule has 10 nitrogen and oxygen atoms in total. The molecule has 0 spiro atoms. The third-order valence-corrected chi connectivity index (χ3v) is 6.79. The second-order valence-electron chi connectivity index (χ2n) is 9.82. The highest BCUT2D eigenvalue weighted by Crippen LogP contribution is 2.31. The van der Waals surface area contributed by atoms with Crippen molar-refractivity contribution >= 4 is 39.3 Å². The first kappa shape index (κ1) is 23.1. The van der Waals surface area contributed by atoms with Crippen LogP contribution in [0.25, 0.3) is 44.8 Å². The lowest BCUT2D eigenvalue weighted by Gasteiger charge is -2.34. The Labute approximate surface area is 214 Å². The van der Waals surface area contributed by atoms with E-state index in [1.165, 1.54) is 0 Å². The minimum Gasteiger partial charge on any atom is -0.367 e. The van der Waals surface area contributed by atoms with E-state index < -0.39 is 0 Å². The number of benzene rings is 1. The molecule has 0 bridgehead atoms. The van der Waals surface area contributed by atoms with E-state index in [1.54, 1.807) is 12.4 Å². The molecule has 0 atom stereocenters. The second-order valence-corrected chi connectivity index (χ2v) is 9.82. The zero-order valence-electron chi connectivity index (χ0n) is 21.1. The zero-order valence-corrected chi connectivity index (χ0v) is 21.1. The van der Waals surface area contributed by atoms with Gasteiger partial charge in [0.15, 0.2) is 11.5 Å². The van der Waals surface area contributed by atoms with Gasteiger partial charge in [-0.1, -0.05) is 19.9 Å². The lowest BCUT2D eigenvalue weighted by Crippen LogP contribution is -2.44. The molecule has 0 saturated carbocycles. The summed E-state index contributed by atoms with van der Waals surface area (Å²) >= 11 is 0. The number of hydrogen-bond acceptors (Lipinski definition) is 7. The van der Waals surface area contributed by atoms with Gasteiger partial charge in [-0.2, -0.15) is 5.10 Å². The van der Waals surface area contributed by atoms with Crippen molar-refractivity contribution in [3.8, 4) is 22.8 Å². The van der Waals surface area contributed by atoms with E-state index in [0.29, 0.717) is 22.7 Å². The van der Waals surface area contributed by atoms with Gasteiger partial charge in [0.05, 0.1) is 34.3 Å². The number of hydrogen-bond donors (Lipinski definition) is 3. The molecule has 10 heteroatoms. The fraction of sp³-hybridized carbons (Fsp3) is 0.296. The van der Waals surface area contributed by atoms with Gasteiger partial charge in [0.25, 0.3) is 0 Å². The van der Waals surface area contributed by atoms with E-state index in [2.05, 4.69) is 54.5 Å². The summed E-state index contributed by atoms with van der Waals surface area (Å²) in [6.07, 6.45) is 3.38.